The number of benzene rings is 1. The Morgan fingerprint density at radius 2 is 2.15 bits per heavy atom. The van der Waals surface area contributed by atoms with E-state index >= 15 is 0 Å². The number of nitrogens with one attached hydrogen (secondary N) is 1. The maximum Gasteiger partial charge on any atom is 0.293 e. The number of hydrogen-bond acceptors (Lipinski definition) is 4. The van der Waals surface area contributed by atoms with Crippen LogP contribution in [0.25, 0.3) is 10.9 Å². The van der Waals surface area contributed by atoms with Crippen molar-refractivity contribution in [1.29, 1.82) is 0 Å². The SMILES string of the molecule is CNC(=O)COc1cc2cc(N)c(F)cc2n(C)c1=O. The van der Waals surface area contributed by atoms with Crippen molar-refractivity contribution in [1.82, 2.24) is 9.88 Å². The molecular formula is C13H14FN3O3. The quantitative estimate of drug-likeness (QED) is 0.795. The molecule has 0 aliphatic heterocycles. The van der Waals surface area contributed by atoms with E-state index in [1.54, 1.807) is 0 Å². The monoisotopic (exact) mass is 279 g/mol. The molecule has 0 spiro atoms. The number of aromatic nitrogens is 1. The van der Waals surface area contributed by atoms with Crippen molar-refractivity contribution in [2.45, 2.75) is 0 Å². The first-order valence-corrected chi connectivity index (χ1v) is 5.86. The van der Waals surface area contributed by atoms with Gasteiger partial charge >= 0.3 is 0 Å². The van der Waals surface area contributed by atoms with Crippen molar-refractivity contribution in [2.75, 3.05) is 19.4 Å². The number of hydrogen-bond donors (Lipinski definition) is 2. The second-order valence-electron chi connectivity index (χ2n) is 4.27. The van der Waals surface area contributed by atoms with E-state index in [-0.39, 0.29) is 24.0 Å². The van der Waals surface area contributed by atoms with E-state index in [4.69, 9.17) is 10.5 Å². The van der Waals surface area contributed by atoms with Crippen LogP contribution < -0.4 is 21.3 Å². The maximum absolute atomic E-state index is 13.4. The number of aryl methyl sites for hydroxylation is 1. The third kappa shape index (κ3) is 2.42. The van der Waals surface area contributed by atoms with Gasteiger partial charge in [0.25, 0.3) is 11.5 Å². The van der Waals surface area contributed by atoms with Crippen LogP contribution in [0.2, 0.25) is 0 Å². The van der Waals surface area contributed by atoms with Gasteiger partial charge in [0.2, 0.25) is 0 Å². The van der Waals surface area contributed by atoms with Gasteiger partial charge in [0.05, 0.1) is 11.2 Å². The van der Waals surface area contributed by atoms with Gasteiger partial charge in [-0.25, -0.2) is 4.39 Å². The Balaban J connectivity index is 2.52. The summed E-state index contributed by atoms with van der Waals surface area (Å²) in [4.78, 5) is 23.2. The molecule has 0 aliphatic carbocycles. The summed E-state index contributed by atoms with van der Waals surface area (Å²) < 4.78 is 19.9. The fraction of sp³-hybridized carbons (Fsp3) is 0.231. The predicted octanol–water partition coefficient (Wildman–Crippen LogP) is 0.385. The van der Waals surface area contributed by atoms with E-state index in [1.807, 2.05) is 0 Å². The Morgan fingerprint density at radius 3 is 2.80 bits per heavy atom. The number of carbonyl (C=O) groups excluding carboxylic acids is 1. The van der Waals surface area contributed by atoms with Crippen molar-refractivity contribution >= 4 is 22.5 Å². The number of nitrogens with two attached hydrogens (primary N) is 1. The molecule has 2 aromatic rings. The van der Waals surface area contributed by atoms with Gasteiger partial charge in [-0.15, -0.1) is 0 Å². The number of amides is 1. The first kappa shape index (κ1) is 13.9. The van der Waals surface area contributed by atoms with E-state index in [1.165, 1.54) is 36.9 Å². The van der Waals surface area contributed by atoms with Crippen LogP contribution in [0.1, 0.15) is 0 Å². The molecule has 0 aliphatic rings. The van der Waals surface area contributed by atoms with E-state index in [2.05, 4.69) is 5.32 Å². The molecule has 0 saturated carbocycles. The Hall–Kier alpha value is -2.57. The molecule has 1 heterocycles. The van der Waals surface area contributed by atoms with Gasteiger partial charge in [-0.2, -0.15) is 0 Å². The number of likely N-dealkylation sites (N-methyl/N-ethyl adjacent to an activating group) is 1. The molecule has 0 saturated heterocycles. The molecule has 0 unspecified atom stereocenters. The zero-order chi connectivity index (χ0) is 14.9. The van der Waals surface area contributed by atoms with E-state index < -0.39 is 11.4 Å². The van der Waals surface area contributed by atoms with E-state index in [9.17, 15) is 14.0 Å². The average molecular weight is 279 g/mol. The minimum Gasteiger partial charge on any atom is -0.478 e. The zero-order valence-corrected chi connectivity index (χ0v) is 11.1. The molecule has 0 fully saturated rings. The molecule has 1 aromatic heterocycles. The van der Waals surface area contributed by atoms with Crippen molar-refractivity contribution in [2.24, 2.45) is 7.05 Å². The number of nitrogen functional groups attached to an aromatic ring is 1. The van der Waals surface area contributed by atoms with Gasteiger partial charge in [-0.05, 0) is 12.1 Å². The standard InChI is InChI=1S/C13H14FN3O3/c1-16-12(18)6-20-11-4-7-3-9(15)8(14)5-10(7)17(2)13(11)19/h3-5H,6,15H2,1-2H3,(H,16,18). The predicted molar refractivity (Wildman–Crippen MR) is 73.1 cm³/mol. The average Bonchev–Trinajstić information content (AvgIpc) is 2.43. The second kappa shape index (κ2) is 5.20. The normalized spacial score (nSPS) is 10.6. The van der Waals surface area contributed by atoms with Gasteiger partial charge in [-0.3, -0.25) is 9.59 Å². The van der Waals surface area contributed by atoms with Gasteiger partial charge in [0, 0.05) is 25.5 Å². The highest BCUT2D eigenvalue weighted by molar-refractivity contribution is 5.84. The highest BCUT2D eigenvalue weighted by Crippen LogP contribution is 2.22. The second-order valence-corrected chi connectivity index (χ2v) is 4.27. The number of nitrogens with zero attached hydrogens (tertiary/aromatic N) is 1. The van der Waals surface area contributed by atoms with Crippen LogP contribution in [-0.2, 0) is 11.8 Å². The number of fused-ring (bicyclic) bond motifs is 1. The fourth-order valence-corrected chi connectivity index (χ4v) is 1.80. The van der Waals surface area contributed by atoms with Crippen molar-refractivity contribution in [3.63, 3.8) is 0 Å². The third-order valence-electron chi connectivity index (χ3n) is 2.95. The Labute approximate surface area is 113 Å². The van der Waals surface area contributed by atoms with E-state index in [0.29, 0.717) is 10.9 Å². The van der Waals surface area contributed by atoms with Crippen LogP contribution in [0.15, 0.2) is 23.0 Å². The lowest BCUT2D eigenvalue weighted by atomic mass is 10.2. The summed E-state index contributed by atoms with van der Waals surface area (Å²) in [5, 5.41) is 2.93. The van der Waals surface area contributed by atoms with Crippen LogP contribution in [0.3, 0.4) is 0 Å². The first-order chi connectivity index (χ1) is 9.43. The molecule has 2 rings (SSSR count). The summed E-state index contributed by atoms with van der Waals surface area (Å²) in [6.45, 7) is -0.270. The lowest BCUT2D eigenvalue weighted by molar-refractivity contribution is -0.122. The van der Waals surface area contributed by atoms with Crippen molar-refractivity contribution in [3.05, 3.63) is 34.4 Å². The van der Waals surface area contributed by atoms with Crippen LogP contribution in [0, 0.1) is 5.82 Å². The molecule has 1 aromatic carbocycles. The smallest absolute Gasteiger partial charge is 0.293 e. The molecular weight excluding hydrogens is 265 g/mol. The molecule has 0 atom stereocenters. The fourth-order valence-electron chi connectivity index (χ4n) is 1.80. The lowest BCUT2D eigenvalue weighted by Crippen LogP contribution is -2.27. The van der Waals surface area contributed by atoms with Gasteiger partial charge < -0.3 is 20.4 Å². The minimum absolute atomic E-state index is 0.00890. The van der Waals surface area contributed by atoms with Crippen molar-refractivity contribution in [3.8, 4) is 5.75 Å². The topological polar surface area (TPSA) is 86.3 Å². The Bertz CT molecular complexity index is 740. The summed E-state index contributed by atoms with van der Waals surface area (Å²) in [5.41, 5.74) is 5.42. The van der Waals surface area contributed by atoms with Gasteiger partial charge in [0.1, 0.15) is 5.82 Å². The van der Waals surface area contributed by atoms with Crippen molar-refractivity contribution < 1.29 is 13.9 Å². The molecule has 7 heteroatoms. The zero-order valence-electron chi connectivity index (χ0n) is 11.1. The molecule has 20 heavy (non-hydrogen) atoms. The lowest BCUT2D eigenvalue weighted by Gasteiger charge is -2.10. The van der Waals surface area contributed by atoms with Crippen LogP contribution in [-0.4, -0.2) is 24.1 Å². The number of pyridine rings is 1. The highest BCUT2D eigenvalue weighted by atomic mass is 19.1. The minimum atomic E-state index is -0.591. The van der Waals surface area contributed by atoms with Gasteiger partial charge in [0.15, 0.2) is 12.4 Å². The number of anilines is 1. The Morgan fingerprint density at radius 1 is 1.45 bits per heavy atom. The number of halogens is 1. The Kier molecular flexibility index (Phi) is 3.60. The largest absolute Gasteiger partial charge is 0.478 e. The molecule has 6 nitrogen and oxygen atoms in total. The summed E-state index contributed by atoms with van der Waals surface area (Å²) in [6, 6.07) is 4.04. The summed E-state index contributed by atoms with van der Waals surface area (Å²) in [7, 11) is 2.96. The van der Waals surface area contributed by atoms with Crippen LogP contribution >= 0.6 is 0 Å². The first-order valence-electron chi connectivity index (χ1n) is 5.86. The van der Waals surface area contributed by atoms with Crippen LogP contribution in [0.5, 0.6) is 5.75 Å². The number of rotatable bonds is 3. The van der Waals surface area contributed by atoms with Gasteiger partial charge in [-0.1, -0.05) is 0 Å². The molecule has 106 valence electrons. The molecule has 0 bridgehead atoms. The summed E-state index contributed by atoms with van der Waals surface area (Å²) in [6.07, 6.45) is 0. The summed E-state index contributed by atoms with van der Waals surface area (Å²) >= 11 is 0. The third-order valence-corrected chi connectivity index (χ3v) is 2.95. The number of carbonyl (C=O) groups is 1. The maximum atomic E-state index is 13.4. The number of ether oxygens (including phenoxy) is 1. The highest BCUT2D eigenvalue weighted by Gasteiger charge is 2.11. The molecule has 0 radical (unpaired) electrons. The van der Waals surface area contributed by atoms with E-state index in [0.717, 1.165) is 0 Å². The summed E-state index contributed by atoms with van der Waals surface area (Å²) in [5.74, 6) is -0.938. The van der Waals surface area contributed by atoms with Crippen LogP contribution in [0.4, 0.5) is 10.1 Å². The molecule has 3 N–H and O–H groups in total. The molecule has 1 amide bonds.